The smallest absolute Gasteiger partial charge is 0.0702 e. The Hall–Kier alpha value is -5.60. The van der Waals surface area contributed by atoms with Crippen molar-refractivity contribution in [3.05, 3.63) is 158 Å². The molecule has 0 N–H and O–H groups in total. The first-order chi connectivity index (χ1) is 20.8. The Bertz CT molecular complexity index is 2220. The summed E-state index contributed by atoms with van der Waals surface area (Å²) in [5.74, 6) is 0. The van der Waals surface area contributed by atoms with Crippen molar-refractivity contribution in [3.8, 4) is 44.6 Å². The summed E-state index contributed by atoms with van der Waals surface area (Å²) < 4.78 is 0. The minimum atomic E-state index is 0.948. The largest absolute Gasteiger partial charge is 0.264 e. The molecular formula is C40H26N2. The zero-order valence-corrected chi connectivity index (χ0v) is 22.9. The number of hydrogen-bond acceptors (Lipinski definition) is 2. The molecule has 0 spiro atoms. The predicted octanol–water partition coefficient (Wildman–Crippen LogP) is 10.6. The van der Waals surface area contributed by atoms with Crippen LogP contribution in [0.3, 0.4) is 0 Å². The van der Waals surface area contributed by atoms with Crippen molar-refractivity contribution < 1.29 is 0 Å². The van der Waals surface area contributed by atoms with Gasteiger partial charge in [0.2, 0.25) is 0 Å². The lowest BCUT2D eigenvalue weighted by Crippen LogP contribution is -1.92. The second-order valence-corrected chi connectivity index (χ2v) is 10.7. The van der Waals surface area contributed by atoms with Gasteiger partial charge in [0, 0.05) is 35.3 Å². The van der Waals surface area contributed by atoms with Crippen LogP contribution in [0, 0.1) is 0 Å². The van der Waals surface area contributed by atoms with Crippen molar-refractivity contribution in [3.63, 3.8) is 0 Å². The highest BCUT2D eigenvalue weighted by atomic mass is 14.7. The van der Waals surface area contributed by atoms with E-state index < -0.39 is 0 Å². The van der Waals surface area contributed by atoms with Crippen molar-refractivity contribution in [2.24, 2.45) is 0 Å². The molecule has 0 aliphatic heterocycles. The minimum Gasteiger partial charge on any atom is -0.264 e. The van der Waals surface area contributed by atoms with Gasteiger partial charge in [-0.15, -0.1) is 0 Å². The van der Waals surface area contributed by atoms with E-state index in [1.165, 1.54) is 54.6 Å². The average molecular weight is 535 g/mol. The summed E-state index contributed by atoms with van der Waals surface area (Å²) in [6.45, 7) is 0. The first-order valence-electron chi connectivity index (χ1n) is 14.2. The maximum atomic E-state index is 4.89. The fourth-order valence-electron chi connectivity index (χ4n) is 6.18. The summed E-state index contributed by atoms with van der Waals surface area (Å²) in [5, 5.41) is 7.44. The van der Waals surface area contributed by atoms with Crippen molar-refractivity contribution in [2.45, 2.75) is 0 Å². The molecule has 0 saturated heterocycles. The van der Waals surface area contributed by atoms with Gasteiger partial charge in [-0.3, -0.25) is 9.97 Å². The van der Waals surface area contributed by atoms with Crippen LogP contribution in [0.1, 0.15) is 0 Å². The van der Waals surface area contributed by atoms with Gasteiger partial charge < -0.3 is 0 Å². The lowest BCUT2D eigenvalue weighted by molar-refractivity contribution is 1.30. The average Bonchev–Trinajstić information content (AvgIpc) is 3.07. The van der Waals surface area contributed by atoms with Gasteiger partial charge in [0.05, 0.1) is 5.69 Å². The Balaban J connectivity index is 1.41. The fraction of sp³-hybridized carbons (Fsp3) is 0. The third-order valence-corrected chi connectivity index (χ3v) is 8.18. The topological polar surface area (TPSA) is 25.8 Å². The van der Waals surface area contributed by atoms with E-state index in [9.17, 15) is 0 Å². The molecule has 8 rings (SSSR count). The van der Waals surface area contributed by atoms with Gasteiger partial charge in [0.25, 0.3) is 0 Å². The molecule has 2 nitrogen and oxygen atoms in total. The maximum Gasteiger partial charge on any atom is 0.0702 e. The van der Waals surface area contributed by atoms with E-state index >= 15 is 0 Å². The molecule has 0 unspecified atom stereocenters. The number of pyridine rings is 2. The number of benzene rings is 6. The molecule has 0 aliphatic carbocycles. The number of aromatic nitrogens is 2. The van der Waals surface area contributed by atoms with Crippen molar-refractivity contribution in [1.29, 1.82) is 0 Å². The molecule has 42 heavy (non-hydrogen) atoms. The second-order valence-electron chi connectivity index (χ2n) is 10.7. The van der Waals surface area contributed by atoms with E-state index in [4.69, 9.17) is 4.98 Å². The van der Waals surface area contributed by atoms with E-state index in [1.54, 1.807) is 6.20 Å². The Labute approximate surface area is 244 Å². The third-order valence-electron chi connectivity index (χ3n) is 8.18. The van der Waals surface area contributed by atoms with Crippen LogP contribution < -0.4 is 0 Å². The van der Waals surface area contributed by atoms with Gasteiger partial charge in [0.15, 0.2) is 0 Å². The molecule has 0 amide bonds. The minimum absolute atomic E-state index is 0.948. The molecule has 6 aromatic carbocycles. The summed E-state index contributed by atoms with van der Waals surface area (Å²) in [5.41, 5.74) is 9.11. The van der Waals surface area contributed by atoms with Crippen LogP contribution in [-0.4, -0.2) is 9.97 Å². The highest BCUT2D eigenvalue weighted by Crippen LogP contribution is 2.45. The molecule has 196 valence electrons. The molecule has 2 heteroatoms. The van der Waals surface area contributed by atoms with Crippen LogP contribution in [0.15, 0.2) is 158 Å². The number of nitrogens with zero attached hydrogens (tertiary/aromatic N) is 2. The van der Waals surface area contributed by atoms with Crippen LogP contribution >= 0.6 is 0 Å². The molecule has 0 bridgehead atoms. The monoisotopic (exact) mass is 534 g/mol. The molecule has 0 radical (unpaired) electrons. The zero-order chi connectivity index (χ0) is 27.9. The highest BCUT2D eigenvalue weighted by Gasteiger charge is 2.18. The Morgan fingerprint density at radius 1 is 0.357 bits per heavy atom. The first-order valence-corrected chi connectivity index (χ1v) is 14.2. The van der Waals surface area contributed by atoms with Crippen LogP contribution in [0.25, 0.3) is 77.0 Å². The van der Waals surface area contributed by atoms with E-state index in [2.05, 4.69) is 138 Å². The molecular weight excluding hydrogens is 508 g/mol. The van der Waals surface area contributed by atoms with Crippen LogP contribution in [-0.2, 0) is 0 Å². The summed E-state index contributed by atoms with van der Waals surface area (Å²) in [6, 6.07) is 50.0. The predicted molar refractivity (Wildman–Crippen MR) is 176 cm³/mol. The van der Waals surface area contributed by atoms with Crippen molar-refractivity contribution in [1.82, 2.24) is 9.97 Å². The number of fused-ring (bicyclic) bond motifs is 3. The third kappa shape index (κ3) is 4.13. The molecule has 0 saturated carbocycles. The lowest BCUT2D eigenvalue weighted by atomic mass is 9.85. The SMILES string of the molecule is c1ccc(-c2c3ccccc3c(-c3ccc4ccccc4c3)c3cc(-c4ccc(-c5cccnc5)cn4)ccc23)cc1. The second kappa shape index (κ2) is 10.1. The number of rotatable bonds is 4. The normalized spacial score (nSPS) is 11.3. The van der Waals surface area contributed by atoms with Crippen molar-refractivity contribution in [2.75, 3.05) is 0 Å². The maximum absolute atomic E-state index is 4.89. The molecule has 0 aliphatic rings. The van der Waals surface area contributed by atoms with Gasteiger partial charge >= 0.3 is 0 Å². The van der Waals surface area contributed by atoms with Gasteiger partial charge in [0.1, 0.15) is 0 Å². The van der Waals surface area contributed by atoms with Gasteiger partial charge in [-0.2, -0.15) is 0 Å². The van der Waals surface area contributed by atoms with Crippen LogP contribution in [0.5, 0.6) is 0 Å². The summed E-state index contributed by atoms with van der Waals surface area (Å²) in [7, 11) is 0. The molecule has 0 atom stereocenters. The van der Waals surface area contributed by atoms with E-state index in [0.717, 1.165) is 22.4 Å². The Kier molecular flexibility index (Phi) is 5.82. The van der Waals surface area contributed by atoms with E-state index in [0.29, 0.717) is 0 Å². The Morgan fingerprint density at radius 3 is 1.76 bits per heavy atom. The molecule has 2 aromatic heterocycles. The van der Waals surface area contributed by atoms with Crippen molar-refractivity contribution >= 4 is 32.3 Å². The highest BCUT2D eigenvalue weighted by molar-refractivity contribution is 6.22. The molecule has 2 heterocycles. The van der Waals surface area contributed by atoms with Gasteiger partial charge in [-0.25, -0.2) is 0 Å². The first kappa shape index (κ1) is 24.2. The summed E-state index contributed by atoms with van der Waals surface area (Å²) in [4.78, 5) is 9.15. The van der Waals surface area contributed by atoms with E-state index in [1.807, 2.05) is 18.5 Å². The zero-order valence-electron chi connectivity index (χ0n) is 22.9. The molecule has 0 fully saturated rings. The fourth-order valence-corrected chi connectivity index (χ4v) is 6.18. The number of hydrogen-bond donors (Lipinski definition) is 0. The lowest BCUT2D eigenvalue weighted by Gasteiger charge is -2.19. The Morgan fingerprint density at radius 2 is 1.00 bits per heavy atom. The van der Waals surface area contributed by atoms with Crippen LogP contribution in [0.2, 0.25) is 0 Å². The van der Waals surface area contributed by atoms with Gasteiger partial charge in [-0.05, 0) is 78.8 Å². The molecule has 8 aromatic rings. The van der Waals surface area contributed by atoms with E-state index in [-0.39, 0.29) is 0 Å². The standard InChI is InChI=1S/C40H26N2/c1-2-10-28(11-3-1)39-34-14-6-7-15-35(34)40(31-17-16-27-9-4-5-12-29(27)23-31)37-24-30(18-20-36(37)39)38-21-19-33(26-42-38)32-13-8-22-41-25-32/h1-26H. The quantitative estimate of drug-likeness (QED) is 0.210. The van der Waals surface area contributed by atoms with Gasteiger partial charge in [-0.1, -0.05) is 115 Å². The van der Waals surface area contributed by atoms with Crippen LogP contribution in [0.4, 0.5) is 0 Å². The summed E-state index contributed by atoms with van der Waals surface area (Å²) >= 11 is 0. The summed E-state index contributed by atoms with van der Waals surface area (Å²) in [6.07, 6.45) is 5.61.